The van der Waals surface area contributed by atoms with E-state index in [1.807, 2.05) is 32.0 Å². The molecular formula is C24H26N4O5S. The Morgan fingerprint density at radius 2 is 1.76 bits per heavy atom. The molecule has 0 radical (unpaired) electrons. The number of hydrogen-bond acceptors (Lipinski definition) is 7. The molecular weight excluding hydrogens is 456 g/mol. The molecule has 3 rings (SSSR count). The minimum atomic E-state index is -0.713. The topological polar surface area (TPSA) is 115 Å². The molecule has 0 atom stereocenters. The number of benzene rings is 2. The second-order valence-corrected chi connectivity index (χ2v) is 8.64. The number of rotatable bonds is 6. The van der Waals surface area contributed by atoms with Crippen molar-refractivity contribution in [2.75, 3.05) is 18.2 Å². The van der Waals surface area contributed by atoms with Gasteiger partial charge in [-0.25, -0.2) is 9.79 Å². The van der Waals surface area contributed by atoms with Crippen molar-refractivity contribution in [2.24, 2.45) is 19.1 Å². The predicted molar refractivity (Wildman–Crippen MR) is 135 cm³/mol. The van der Waals surface area contributed by atoms with Crippen molar-refractivity contribution in [1.29, 1.82) is 0 Å². The van der Waals surface area contributed by atoms with Crippen molar-refractivity contribution >= 4 is 34.1 Å². The Morgan fingerprint density at radius 1 is 1.09 bits per heavy atom. The van der Waals surface area contributed by atoms with Gasteiger partial charge in [-0.2, -0.15) is 0 Å². The minimum Gasteiger partial charge on any atom is -0.497 e. The van der Waals surface area contributed by atoms with Crippen LogP contribution in [0.4, 0.5) is 11.4 Å². The quantitative estimate of drug-likeness (QED) is 0.412. The number of thioether (sulfide) groups is 1. The largest absolute Gasteiger partial charge is 0.497 e. The number of nitrogens with zero attached hydrogens (tertiary/aromatic N) is 3. The Hall–Kier alpha value is -3.79. The SMILES string of the molecule is COc1ccc(N=C(SCC(=O)Nc2ccc(C)cc2C)c2c(O)n(C)c(=O)n(C)c2=O)cc1. The molecule has 0 bridgehead atoms. The van der Waals surface area contributed by atoms with Gasteiger partial charge in [-0.3, -0.25) is 18.7 Å². The summed E-state index contributed by atoms with van der Waals surface area (Å²) in [6, 6.07) is 12.5. The lowest BCUT2D eigenvalue weighted by atomic mass is 10.1. The van der Waals surface area contributed by atoms with Crippen molar-refractivity contribution < 1.29 is 14.6 Å². The van der Waals surface area contributed by atoms with Gasteiger partial charge in [0.05, 0.1) is 18.6 Å². The molecule has 1 heterocycles. The van der Waals surface area contributed by atoms with Crippen LogP contribution in [0.5, 0.6) is 11.6 Å². The Bertz CT molecular complexity index is 1370. The number of anilines is 1. The number of amides is 1. The van der Waals surface area contributed by atoms with Gasteiger partial charge in [0.15, 0.2) is 0 Å². The third-order valence-corrected chi connectivity index (χ3v) is 6.12. The predicted octanol–water partition coefficient (Wildman–Crippen LogP) is 2.87. The summed E-state index contributed by atoms with van der Waals surface area (Å²) in [4.78, 5) is 42.2. The Labute approximate surface area is 200 Å². The molecule has 0 saturated carbocycles. The van der Waals surface area contributed by atoms with Crippen molar-refractivity contribution in [3.63, 3.8) is 0 Å². The van der Waals surface area contributed by atoms with Gasteiger partial charge in [-0.15, -0.1) is 0 Å². The van der Waals surface area contributed by atoms with Gasteiger partial charge in [0.2, 0.25) is 11.8 Å². The summed E-state index contributed by atoms with van der Waals surface area (Å²) in [5.74, 6) is -0.279. The molecule has 0 aliphatic carbocycles. The first kappa shape index (κ1) is 24.8. The van der Waals surface area contributed by atoms with Crippen LogP contribution in [0.2, 0.25) is 0 Å². The maximum absolute atomic E-state index is 12.9. The van der Waals surface area contributed by atoms with Crippen LogP contribution in [0.3, 0.4) is 0 Å². The second kappa shape index (κ2) is 10.4. The number of carbonyl (C=O) groups is 1. The minimum absolute atomic E-state index is 0.0757. The van der Waals surface area contributed by atoms with E-state index in [4.69, 9.17) is 4.74 Å². The molecule has 2 aromatic carbocycles. The van der Waals surface area contributed by atoms with Gasteiger partial charge in [0.1, 0.15) is 16.4 Å². The number of nitrogens with one attached hydrogen (secondary N) is 1. The summed E-state index contributed by atoms with van der Waals surface area (Å²) in [5.41, 5.74) is 1.63. The number of carbonyl (C=O) groups excluding carboxylic acids is 1. The summed E-state index contributed by atoms with van der Waals surface area (Å²) >= 11 is 0.985. The highest BCUT2D eigenvalue weighted by Gasteiger charge is 2.22. The van der Waals surface area contributed by atoms with Crippen LogP contribution in [0.1, 0.15) is 16.7 Å². The van der Waals surface area contributed by atoms with Crippen LogP contribution in [-0.2, 0) is 18.9 Å². The summed E-state index contributed by atoms with van der Waals surface area (Å²) in [6.07, 6.45) is 0. The smallest absolute Gasteiger partial charge is 0.333 e. The van der Waals surface area contributed by atoms with E-state index in [9.17, 15) is 19.5 Å². The lowest BCUT2D eigenvalue weighted by Gasteiger charge is -2.13. The van der Waals surface area contributed by atoms with E-state index in [-0.39, 0.29) is 22.3 Å². The number of aryl methyl sites for hydroxylation is 2. The maximum atomic E-state index is 12.9. The summed E-state index contributed by atoms with van der Waals surface area (Å²) in [7, 11) is 4.21. The average molecular weight is 483 g/mol. The van der Waals surface area contributed by atoms with Gasteiger partial charge in [0.25, 0.3) is 5.56 Å². The Kier molecular flexibility index (Phi) is 7.62. The molecule has 0 unspecified atom stereocenters. The molecule has 9 nitrogen and oxygen atoms in total. The zero-order valence-electron chi connectivity index (χ0n) is 19.6. The van der Waals surface area contributed by atoms with Crippen molar-refractivity contribution in [1.82, 2.24) is 9.13 Å². The average Bonchev–Trinajstić information content (AvgIpc) is 2.82. The van der Waals surface area contributed by atoms with Crippen LogP contribution in [0, 0.1) is 13.8 Å². The van der Waals surface area contributed by atoms with E-state index < -0.39 is 17.1 Å². The molecule has 34 heavy (non-hydrogen) atoms. The van der Waals surface area contributed by atoms with E-state index in [2.05, 4.69) is 10.3 Å². The molecule has 1 aromatic heterocycles. The van der Waals surface area contributed by atoms with Gasteiger partial charge in [-0.05, 0) is 49.7 Å². The zero-order chi connectivity index (χ0) is 25.0. The first-order valence-corrected chi connectivity index (χ1v) is 11.3. The van der Waals surface area contributed by atoms with Crippen LogP contribution in [0.25, 0.3) is 0 Å². The highest BCUT2D eigenvalue weighted by Crippen LogP contribution is 2.25. The van der Waals surface area contributed by atoms with E-state index in [1.165, 1.54) is 14.1 Å². The lowest BCUT2D eigenvalue weighted by molar-refractivity contribution is -0.113. The van der Waals surface area contributed by atoms with E-state index in [0.717, 1.165) is 32.0 Å². The number of aliphatic imine (C=N–C) groups is 1. The molecule has 3 aromatic rings. The first-order valence-electron chi connectivity index (χ1n) is 10.3. The molecule has 0 saturated heterocycles. The molecule has 178 valence electrons. The molecule has 10 heteroatoms. The third kappa shape index (κ3) is 5.40. The van der Waals surface area contributed by atoms with Crippen LogP contribution in [0.15, 0.2) is 57.0 Å². The fraction of sp³-hybridized carbons (Fsp3) is 0.250. The molecule has 0 fully saturated rings. The van der Waals surface area contributed by atoms with Gasteiger partial charge in [-0.1, -0.05) is 29.5 Å². The summed E-state index contributed by atoms with van der Waals surface area (Å²) in [5, 5.41) is 13.6. The fourth-order valence-electron chi connectivity index (χ4n) is 3.23. The van der Waals surface area contributed by atoms with Crippen LogP contribution >= 0.6 is 11.8 Å². The number of methoxy groups -OCH3 is 1. The molecule has 0 spiro atoms. The summed E-state index contributed by atoms with van der Waals surface area (Å²) < 4.78 is 6.99. The fourth-order valence-corrected chi connectivity index (χ4v) is 4.06. The van der Waals surface area contributed by atoms with E-state index >= 15 is 0 Å². The van der Waals surface area contributed by atoms with Crippen LogP contribution < -0.4 is 21.3 Å². The highest BCUT2D eigenvalue weighted by molar-refractivity contribution is 8.15. The van der Waals surface area contributed by atoms with Crippen molar-refractivity contribution in [2.45, 2.75) is 13.8 Å². The molecule has 0 aliphatic heterocycles. The monoisotopic (exact) mass is 482 g/mol. The number of ether oxygens (including phenoxy) is 1. The summed E-state index contributed by atoms with van der Waals surface area (Å²) in [6.45, 7) is 3.87. The Balaban J connectivity index is 1.97. The highest BCUT2D eigenvalue weighted by atomic mass is 32.2. The Morgan fingerprint density at radius 3 is 2.38 bits per heavy atom. The number of aromatic nitrogens is 2. The third-order valence-electron chi connectivity index (χ3n) is 5.15. The van der Waals surface area contributed by atoms with Gasteiger partial charge in [0, 0.05) is 19.8 Å². The maximum Gasteiger partial charge on any atom is 0.333 e. The van der Waals surface area contributed by atoms with Crippen molar-refractivity contribution in [3.8, 4) is 11.6 Å². The van der Waals surface area contributed by atoms with Crippen LogP contribution in [-0.4, -0.2) is 38.1 Å². The number of hydrogen-bond donors (Lipinski definition) is 2. The molecule has 0 aliphatic rings. The zero-order valence-corrected chi connectivity index (χ0v) is 20.4. The standard InChI is InChI=1S/C24H26N4O5S/c1-14-6-11-18(15(2)12-14)26-19(29)13-34-21(25-16-7-9-17(33-5)10-8-16)20-22(30)27(3)24(32)28(4)23(20)31/h6-12,30H,13H2,1-5H3,(H,26,29). The lowest BCUT2D eigenvalue weighted by Crippen LogP contribution is -2.39. The van der Waals surface area contributed by atoms with Crippen molar-refractivity contribution in [3.05, 3.63) is 80.0 Å². The molecule has 2 N–H and O–H groups in total. The van der Waals surface area contributed by atoms with E-state index in [0.29, 0.717) is 17.1 Å². The van der Waals surface area contributed by atoms with Gasteiger partial charge < -0.3 is 15.2 Å². The second-order valence-electron chi connectivity index (χ2n) is 7.67. The molecule has 1 amide bonds. The van der Waals surface area contributed by atoms with E-state index in [1.54, 1.807) is 31.4 Å². The normalized spacial score (nSPS) is 11.4. The van der Waals surface area contributed by atoms with Gasteiger partial charge >= 0.3 is 5.69 Å². The number of aromatic hydroxyl groups is 1. The first-order chi connectivity index (χ1) is 16.1.